The molecular formula is C36H42N6O4. The topological polar surface area (TPSA) is 123 Å². The van der Waals surface area contributed by atoms with E-state index in [1.807, 2.05) is 34.2 Å². The van der Waals surface area contributed by atoms with E-state index in [9.17, 15) is 14.7 Å². The fraction of sp³-hybridized carbons (Fsp3) is 0.472. The van der Waals surface area contributed by atoms with Gasteiger partial charge in [0.2, 0.25) is 11.7 Å². The molecule has 0 unspecified atom stereocenters. The number of amides is 1. The Bertz CT molecular complexity index is 1850. The first-order valence-corrected chi connectivity index (χ1v) is 16.7. The zero-order valence-corrected chi connectivity index (χ0v) is 26.7. The second kappa shape index (κ2) is 12.6. The standard InChI is InChI=1S/C36H42N6O4/c1-3-8-32-30(20-24-11-16-28(25-9-5-4-6-10-25)29(19-24)31-21-33(43)39-38-31)34(44)41(35-37-23(2)40-42(32)35)26-12-14-27(15-13-26)46-22-36(45)17-7-18-36/h4-6,9-11,16,19,26-27,45H,3,7-8,12-15,17-18,20-22H2,1-2H3,(H,39,43). The SMILES string of the molecule is CCCc1c(Cc2ccc(-c3ccccc3)c(C3=NNC(=O)C3)c2)c(=O)n(C2CCC(OCC3(O)CCC3)CC2)c2nc(C)nn12. The minimum absolute atomic E-state index is 0.0133. The molecule has 7 rings (SSSR count). The Labute approximate surface area is 268 Å². The van der Waals surface area contributed by atoms with Crippen LogP contribution in [0.1, 0.15) is 99.0 Å². The molecule has 4 aromatic rings. The Kier molecular flexibility index (Phi) is 8.33. The van der Waals surface area contributed by atoms with Gasteiger partial charge in [0.05, 0.1) is 36.1 Å². The summed E-state index contributed by atoms with van der Waals surface area (Å²) in [6, 6.07) is 16.3. The van der Waals surface area contributed by atoms with Crippen molar-refractivity contribution in [3.63, 3.8) is 0 Å². The number of aromatic nitrogens is 4. The van der Waals surface area contributed by atoms with E-state index in [2.05, 4.69) is 47.8 Å². The second-order valence-corrected chi connectivity index (χ2v) is 13.2. The molecular weight excluding hydrogens is 580 g/mol. The lowest BCUT2D eigenvalue weighted by atomic mass is 9.81. The number of hydrazone groups is 1. The third kappa shape index (κ3) is 5.91. The Balaban J connectivity index is 1.24. The number of fused-ring (bicyclic) bond motifs is 1. The number of aliphatic hydroxyl groups is 1. The van der Waals surface area contributed by atoms with Crippen LogP contribution in [0.4, 0.5) is 0 Å². The minimum Gasteiger partial charge on any atom is -0.387 e. The molecule has 1 aliphatic heterocycles. The molecule has 0 spiro atoms. The molecule has 0 atom stereocenters. The van der Waals surface area contributed by atoms with Gasteiger partial charge in [-0.2, -0.15) is 15.2 Å². The van der Waals surface area contributed by atoms with Gasteiger partial charge in [0.1, 0.15) is 5.82 Å². The summed E-state index contributed by atoms with van der Waals surface area (Å²) in [5.74, 6) is 1.12. The molecule has 2 aromatic carbocycles. The highest BCUT2D eigenvalue weighted by atomic mass is 16.5. The van der Waals surface area contributed by atoms with Crippen molar-refractivity contribution in [1.82, 2.24) is 24.6 Å². The van der Waals surface area contributed by atoms with Crippen molar-refractivity contribution in [3.8, 4) is 11.1 Å². The van der Waals surface area contributed by atoms with Crippen molar-refractivity contribution >= 4 is 17.4 Å². The van der Waals surface area contributed by atoms with E-state index < -0.39 is 5.60 Å². The van der Waals surface area contributed by atoms with Crippen LogP contribution in [0.2, 0.25) is 0 Å². The predicted octanol–water partition coefficient (Wildman–Crippen LogP) is 5.05. The van der Waals surface area contributed by atoms with Crippen LogP contribution in [0, 0.1) is 6.92 Å². The highest BCUT2D eigenvalue weighted by Gasteiger charge is 2.36. The van der Waals surface area contributed by atoms with E-state index in [0.29, 0.717) is 36.8 Å². The largest absolute Gasteiger partial charge is 0.387 e. The maximum absolute atomic E-state index is 14.6. The first kappa shape index (κ1) is 30.5. The molecule has 240 valence electrons. The van der Waals surface area contributed by atoms with E-state index in [-0.39, 0.29) is 30.0 Å². The van der Waals surface area contributed by atoms with Crippen LogP contribution in [-0.4, -0.2) is 54.2 Å². The van der Waals surface area contributed by atoms with Crippen molar-refractivity contribution in [2.75, 3.05) is 6.61 Å². The van der Waals surface area contributed by atoms with E-state index in [1.165, 1.54) is 0 Å². The molecule has 2 aliphatic carbocycles. The Morgan fingerprint density at radius 3 is 2.50 bits per heavy atom. The van der Waals surface area contributed by atoms with Gasteiger partial charge in [-0.1, -0.05) is 55.8 Å². The molecule has 2 fully saturated rings. The van der Waals surface area contributed by atoms with E-state index in [4.69, 9.17) is 14.8 Å². The van der Waals surface area contributed by atoms with Crippen LogP contribution in [0.15, 0.2) is 58.4 Å². The quantitative estimate of drug-likeness (QED) is 0.255. The Morgan fingerprint density at radius 2 is 1.83 bits per heavy atom. The van der Waals surface area contributed by atoms with Gasteiger partial charge in [-0.3, -0.25) is 14.2 Å². The van der Waals surface area contributed by atoms with Gasteiger partial charge in [-0.25, -0.2) is 9.94 Å². The summed E-state index contributed by atoms with van der Waals surface area (Å²) in [6.45, 7) is 4.38. The third-order valence-electron chi connectivity index (χ3n) is 9.86. The molecule has 10 heteroatoms. The first-order chi connectivity index (χ1) is 22.3. The van der Waals surface area contributed by atoms with Gasteiger partial charge in [-0.15, -0.1) is 0 Å². The number of rotatable bonds is 10. The van der Waals surface area contributed by atoms with Crippen molar-refractivity contribution in [2.24, 2.45) is 5.10 Å². The maximum Gasteiger partial charge on any atom is 0.259 e. The summed E-state index contributed by atoms with van der Waals surface area (Å²) in [4.78, 5) is 31.5. The predicted molar refractivity (Wildman–Crippen MR) is 176 cm³/mol. The lowest BCUT2D eigenvalue weighted by Crippen LogP contribution is -2.43. The monoisotopic (exact) mass is 622 g/mol. The number of ether oxygens (including phenoxy) is 1. The van der Waals surface area contributed by atoms with Crippen LogP contribution in [0.25, 0.3) is 16.9 Å². The summed E-state index contributed by atoms with van der Waals surface area (Å²) in [6.07, 6.45) is 8.25. The summed E-state index contributed by atoms with van der Waals surface area (Å²) in [5.41, 5.74) is 8.15. The molecule has 0 saturated heterocycles. The number of hydrogen-bond acceptors (Lipinski definition) is 7. The number of benzene rings is 2. The zero-order chi connectivity index (χ0) is 31.8. The van der Waals surface area contributed by atoms with E-state index in [1.54, 1.807) is 0 Å². The van der Waals surface area contributed by atoms with E-state index in [0.717, 1.165) is 84.9 Å². The lowest BCUT2D eigenvalue weighted by molar-refractivity contribution is -0.120. The highest BCUT2D eigenvalue weighted by molar-refractivity contribution is 6.16. The molecule has 0 radical (unpaired) electrons. The van der Waals surface area contributed by atoms with Gasteiger partial charge in [0.25, 0.3) is 5.56 Å². The van der Waals surface area contributed by atoms with Crippen LogP contribution >= 0.6 is 0 Å². The van der Waals surface area contributed by atoms with Crippen molar-refractivity contribution in [1.29, 1.82) is 0 Å². The Morgan fingerprint density at radius 1 is 1.04 bits per heavy atom. The minimum atomic E-state index is -0.654. The molecule has 46 heavy (non-hydrogen) atoms. The molecule has 2 aromatic heterocycles. The second-order valence-electron chi connectivity index (χ2n) is 13.2. The fourth-order valence-corrected chi connectivity index (χ4v) is 7.23. The molecule has 3 heterocycles. The first-order valence-electron chi connectivity index (χ1n) is 16.7. The summed E-state index contributed by atoms with van der Waals surface area (Å²) < 4.78 is 9.92. The molecule has 1 amide bonds. The van der Waals surface area contributed by atoms with E-state index >= 15 is 0 Å². The van der Waals surface area contributed by atoms with Crippen LogP contribution in [-0.2, 0) is 22.4 Å². The lowest BCUT2D eigenvalue weighted by Gasteiger charge is -2.38. The van der Waals surface area contributed by atoms with Crippen molar-refractivity contribution in [3.05, 3.63) is 87.1 Å². The zero-order valence-electron chi connectivity index (χ0n) is 26.7. The summed E-state index contributed by atoms with van der Waals surface area (Å²) in [7, 11) is 0. The van der Waals surface area contributed by atoms with Gasteiger partial charge in [-0.05, 0) is 81.0 Å². The molecule has 3 aliphatic rings. The average molecular weight is 623 g/mol. The number of carbonyl (C=O) groups is 1. The van der Waals surface area contributed by atoms with Crippen LogP contribution in [0.5, 0.6) is 0 Å². The Hall–Kier alpha value is -4.15. The fourth-order valence-electron chi connectivity index (χ4n) is 7.23. The third-order valence-corrected chi connectivity index (χ3v) is 9.86. The number of carbonyl (C=O) groups excluding carboxylic acids is 1. The highest BCUT2D eigenvalue weighted by Crippen LogP contribution is 2.35. The molecule has 10 nitrogen and oxygen atoms in total. The average Bonchev–Trinajstić information content (AvgIpc) is 3.66. The number of aryl methyl sites for hydroxylation is 2. The number of nitrogens with zero attached hydrogens (tertiary/aromatic N) is 5. The molecule has 2 saturated carbocycles. The maximum atomic E-state index is 14.6. The molecule has 2 N–H and O–H groups in total. The normalized spacial score (nSPS) is 20.8. The number of hydrogen-bond donors (Lipinski definition) is 2. The smallest absolute Gasteiger partial charge is 0.259 e. The van der Waals surface area contributed by atoms with Gasteiger partial charge in [0.15, 0.2) is 0 Å². The van der Waals surface area contributed by atoms with Gasteiger partial charge < -0.3 is 9.84 Å². The summed E-state index contributed by atoms with van der Waals surface area (Å²) in [5, 5.41) is 19.6. The van der Waals surface area contributed by atoms with Crippen molar-refractivity contribution < 1.29 is 14.6 Å². The van der Waals surface area contributed by atoms with Crippen LogP contribution in [0.3, 0.4) is 0 Å². The van der Waals surface area contributed by atoms with Gasteiger partial charge in [0, 0.05) is 23.6 Å². The van der Waals surface area contributed by atoms with Gasteiger partial charge >= 0.3 is 0 Å². The molecule has 0 bridgehead atoms. The summed E-state index contributed by atoms with van der Waals surface area (Å²) >= 11 is 0. The van der Waals surface area contributed by atoms with Crippen LogP contribution < -0.4 is 11.0 Å². The number of nitrogens with one attached hydrogen (secondary N) is 1. The van der Waals surface area contributed by atoms with Crippen molar-refractivity contribution in [2.45, 2.75) is 102 Å².